The Kier molecular flexibility index (Phi) is 5.76. The summed E-state index contributed by atoms with van der Waals surface area (Å²) in [6, 6.07) is 4.71. The van der Waals surface area contributed by atoms with Crippen molar-refractivity contribution in [2.75, 3.05) is 18.5 Å². The number of amides is 2. The molecular formula is C19H23N3O4S. The number of ether oxygens (including phenoxy) is 1. The van der Waals surface area contributed by atoms with Crippen LogP contribution in [0.3, 0.4) is 0 Å². The van der Waals surface area contributed by atoms with Crippen molar-refractivity contribution < 1.29 is 19.4 Å². The van der Waals surface area contributed by atoms with Gasteiger partial charge in [-0.1, -0.05) is 6.92 Å². The average Bonchev–Trinajstić information content (AvgIpc) is 3.15. The number of nitrogens with one attached hydrogen (secondary N) is 1. The molecule has 2 heterocycles. The normalized spacial score (nSPS) is 18.6. The van der Waals surface area contributed by atoms with Gasteiger partial charge >= 0.3 is 6.03 Å². The van der Waals surface area contributed by atoms with Crippen molar-refractivity contribution in [3.63, 3.8) is 0 Å². The average molecular weight is 389 g/mol. The van der Waals surface area contributed by atoms with E-state index < -0.39 is 5.60 Å². The maximum atomic E-state index is 12.6. The highest BCUT2D eigenvalue weighted by atomic mass is 32.1. The van der Waals surface area contributed by atoms with Crippen molar-refractivity contribution in [3.8, 4) is 5.75 Å². The molecule has 27 heavy (non-hydrogen) atoms. The van der Waals surface area contributed by atoms with Gasteiger partial charge in [-0.2, -0.15) is 0 Å². The molecule has 1 aliphatic heterocycles. The number of thiazole rings is 1. The van der Waals surface area contributed by atoms with Crippen molar-refractivity contribution in [1.82, 2.24) is 9.88 Å². The minimum absolute atomic E-state index is 0.00620. The SMILES string of the molecule is CCC1(C)CC(=O)c2cc(NC(=O)N(CCO)Cc3nccs3)ccc2O1. The van der Waals surface area contributed by atoms with E-state index in [0.29, 0.717) is 30.0 Å². The lowest BCUT2D eigenvalue weighted by Crippen LogP contribution is -2.38. The highest BCUT2D eigenvalue weighted by Crippen LogP contribution is 2.36. The highest BCUT2D eigenvalue weighted by Gasteiger charge is 2.35. The smallest absolute Gasteiger partial charge is 0.322 e. The van der Waals surface area contributed by atoms with Crippen LogP contribution in [-0.2, 0) is 6.54 Å². The Morgan fingerprint density at radius 2 is 2.30 bits per heavy atom. The van der Waals surface area contributed by atoms with E-state index in [4.69, 9.17) is 4.74 Å². The van der Waals surface area contributed by atoms with Crippen molar-refractivity contribution in [2.45, 2.75) is 38.8 Å². The third kappa shape index (κ3) is 4.45. The molecule has 0 spiro atoms. The van der Waals surface area contributed by atoms with E-state index in [1.807, 2.05) is 19.2 Å². The Labute approximate surface area is 162 Å². The Bertz CT molecular complexity index is 824. The number of fused-ring (bicyclic) bond motifs is 1. The van der Waals surface area contributed by atoms with E-state index in [1.165, 1.54) is 16.2 Å². The standard InChI is InChI=1S/C19H23N3O4S/c1-3-19(2)11-15(24)14-10-13(4-5-16(14)26-19)21-18(25)22(7-8-23)12-17-20-6-9-27-17/h4-6,9-10,23H,3,7-8,11-12H2,1-2H3,(H,21,25). The van der Waals surface area contributed by atoms with Crippen LogP contribution in [0.25, 0.3) is 0 Å². The zero-order chi connectivity index (χ0) is 19.4. The first-order chi connectivity index (χ1) is 12.9. The molecule has 0 saturated carbocycles. The van der Waals surface area contributed by atoms with Crippen LogP contribution < -0.4 is 10.1 Å². The molecule has 1 aliphatic rings. The lowest BCUT2D eigenvalue weighted by Gasteiger charge is -2.34. The van der Waals surface area contributed by atoms with Gasteiger partial charge in [0.15, 0.2) is 5.78 Å². The van der Waals surface area contributed by atoms with Crippen molar-refractivity contribution >= 4 is 28.8 Å². The number of aliphatic hydroxyl groups excluding tert-OH is 1. The summed E-state index contributed by atoms with van der Waals surface area (Å²) < 4.78 is 5.97. The number of ketones is 1. The number of carbonyl (C=O) groups is 2. The van der Waals surface area contributed by atoms with E-state index in [-0.39, 0.29) is 25.0 Å². The zero-order valence-corrected chi connectivity index (χ0v) is 16.2. The van der Waals surface area contributed by atoms with Gasteiger partial charge in [0.1, 0.15) is 16.4 Å². The quantitative estimate of drug-likeness (QED) is 0.791. The van der Waals surface area contributed by atoms with E-state index in [0.717, 1.165) is 11.4 Å². The number of Topliss-reactive ketones (excluding diaryl/α,β-unsaturated/α-hetero) is 1. The molecule has 0 radical (unpaired) electrons. The van der Waals surface area contributed by atoms with Crippen LogP contribution in [0.4, 0.5) is 10.5 Å². The lowest BCUT2D eigenvalue weighted by molar-refractivity contribution is 0.0499. The van der Waals surface area contributed by atoms with E-state index >= 15 is 0 Å². The molecule has 0 saturated heterocycles. The summed E-state index contributed by atoms with van der Waals surface area (Å²) in [6.07, 6.45) is 2.73. The van der Waals surface area contributed by atoms with Crippen LogP contribution in [0.2, 0.25) is 0 Å². The summed E-state index contributed by atoms with van der Waals surface area (Å²) in [5.74, 6) is 0.551. The molecule has 0 fully saturated rings. The van der Waals surface area contributed by atoms with Crippen LogP contribution in [-0.4, -0.2) is 45.6 Å². The largest absolute Gasteiger partial charge is 0.486 e. The third-order valence-corrected chi connectivity index (χ3v) is 5.40. The fraction of sp³-hybridized carbons (Fsp3) is 0.421. The molecule has 3 rings (SSSR count). The molecule has 1 aromatic carbocycles. The summed E-state index contributed by atoms with van der Waals surface area (Å²) >= 11 is 1.45. The van der Waals surface area contributed by atoms with Gasteiger partial charge in [0, 0.05) is 23.8 Å². The van der Waals surface area contributed by atoms with Gasteiger partial charge in [0.05, 0.1) is 25.1 Å². The molecule has 1 atom stereocenters. The van der Waals surface area contributed by atoms with Gasteiger partial charge < -0.3 is 20.1 Å². The number of aromatic nitrogens is 1. The molecule has 8 heteroatoms. The fourth-order valence-corrected chi connectivity index (χ4v) is 3.55. The monoisotopic (exact) mass is 389 g/mol. The second kappa shape index (κ2) is 8.06. The Balaban J connectivity index is 1.74. The molecule has 7 nitrogen and oxygen atoms in total. The second-order valence-electron chi connectivity index (χ2n) is 6.72. The number of hydrogen-bond donors (Lipinski definition) is 2. The van der Waals surface area contributed by atoms with Crippen molar-refractivity contribution in [1.29, 1.82) is 0 Å². The molecule has 1 unspecified atom stereocenters. The predicted octanol–water partition coefficient (Wildman–Crippen LogP) is 3.30. The molecular weight excluding hydrogens is 366 g/mol. The Morgan fingerprint density at radius 1 is 1.48 bits per heavy atom. The van der Waals surface area contributed by atoms with Gasteiger partial charge in [0.2, 0.25) is 0 Å². The van der Waals surface area contributed by atoms with Gasteiger partial charge in [-0.05, 0) is 31.5 Å². The minimum Gasteiger partial charge on any atom is -0.486 e. The molecule has 2 aromatic rings. The van der Waals surface area contributed by atoms with Gasteiger partial charge in [-0.15, -0.1) is 11.3 Å². The van der Waals surface area contributed by atoms with Crippen LogP contribution >= 0.6 is 11.3 Å². The first-order valence-corrected chi connectivity index (χ1v) is 9.73. The minimum atomic E-state index is -0.486. The number of anilines is 1. The van der Waals surface area contributed by atoms with E-state index in [1.54, 1.807) is 24.4 Å². The lowest BCUT2D eigenvalue weighted by atomic mass is 9.89. The van der Waals surface area contributed by atoms with Crippen molar-refractivity contribution in [3.05, 3.63) is 40.3 Å². The van der Waals surface area contributed by atoms with Gasteiger partial charge in [0.25, 0.3) is 0 Å². The van der Waals surface area contributed by atoms with Crippen LogP contribution in [0.5, 0.6) is 5.75 Å². The molecule has 2 amide bonds. The third-order valence-electron chi connectivity index (χ3n) is 4.64. The number of urea groups is 1. The number of nitrogens with zero attached hydrogens (tertiary/aromatic N) is 2. The maximum Gasteiger partial charge on any atom is 0.322 e. The van der Waals surface area contributed by atoms with Crippen LogP contribution in [0.1, 0.15) is 42.1 Å². The molecule has 2 N–H and O–H groups in total. The molecule has 1 aromatic heterocycles. The number of hydrogen-bond acceptors (Lipinski definition) is 6. The number of benzene rings is 1. The molecule has 144 valence electrons. The van der Waals surface area contributed by atoms with Gasteiger partial charge in [-0.25, -0.2) is 9.78 Å². The summed E-state index contributed by atoms with van der Waals surface area (Å²) in [4.78, 5) is 30.7. The maximum absolute atomic E-state index is 12.6. The van der Waals surface area contributed by atoms with Crippen LogP contribution in [0.15, 0.2) is 29.8 Å². The molecule has 0 aliphatic carbocycles. The first kappa shape index (κ1) is 19.3. The first-order valence-electron chi connectivity index (χ1n) is 8.85. The van der Waals surface area contributed by atoms with Crippen LogP contribution in [0, 0.1) is 0 Å². The van der Waals surface area contributed by atoms with E-state index in [2.05, 4.69) is 10.3 Å². The topological polar surface area (TPSA) is 91.8 Å². The fourth-order valence-electron chi connectivity index (χ4n) is 2.92. The summed E-state index contributed by atoms with van der Waals surface area (Å²) in [5, 5.41) is 14.7. The van der Waals surface area contributed by atoms with E-state index in [9.17, 15) is 14.7 Å². The highest BCUT2D eigenvalue weighted by molar-refractivity contribution is 7.09. The number of rotatable bonds is 6. The summed E-state index contributed by atoms with van der Waals surface area (Å²) in [7, 11) is 0. The predicted molar refractivity (Wildman–Crippen MR) is 103 cm³/mol. The zero-order valence-electron chi connectivity index (χ0n) is 15.4. The van der Waals surface area contributed by atoms with Gasteiger partial charge in [-0.3, -0.25) is 4.79 Å². The number of aliphatic hydroxyl groups is 1. The summed E-state index contributed by atoms with van der Waals surface area (Å²) in [5.41, 5.74) is 0.505. The second-order valence-corrected chi connectivity index (χ2v) is 7.70. The van der Waals surface area contributed by atoms with Crippen molar-refractivity contribution in [2.24, 2.45) is 0 Å². The number of carbonyl (C=O) groups excluding carboxylic acids is 2. The Morgan fingerprint density at radius 3 is 2.96 bits per heavy atom. The summed E-state index contributed by atoms with van der Waals surface area (Å²) in [6.45, 7) is 4.27. The molecule has 0 bridgehead atoms. The Hall–Kier alpha value is -2.45.